The summed E-state index contributed by atoms with van der Waals surface area (Å²) >= 11 is 0. The number of pyridine rings is 1. The first-order chi connectivity index (χ1) is 8.40. The van der Waals surface area contributed by atoms with Gasteiger partial charge in [0.1, 0.15) is 12.2 Å². The van der Waals surface area contributed by atoms with Crippen molar-refractivity contribution in [3.05, 3.63) is 24.0 Å². The van der Waals surface area contributed by atoms with E-state index in [1.165, 1.54) is 17.2 Å². The van der Waals surface area contributed by atoms with Gasteiger partial charge in [-0.15, -0.1) is 0 Å². The van der Waals surface area contributed by atoms with Crippen molar-refractivity contribution >= 4 is 17.6 Å². The molecule has 1 aromatic rings. The van der Waals surface area contributed by atoms with Gasteiger partial charge in [0.15, 0.2) is 0 Å². The molecule has 0 saturated carbocycles. The molecule has 0 fully saturated rings. The maximum absolute atomic E-state index is 12.1. The van der Waals surface area contributed by atoms with Crippen LogP contribution in [0.25, 0.3) is 0 Å². The van der Waals surface area contributed by atoms with Gasteiger partial charge in [-0.05, 0) is 18.1 Å². The minimum absolute atomic E-state index is 0.182. The topological polar surface area (TPSA) is 96.5 Å². The number of carbonyl (C=O) groups excluding carboxylic acids is 1. The quantitative estimate of drug-likeness (QED) is 0.808. The first-order valence-corrected chi connectivity index (χ1v) is 5.62. The second-order valence-corrected chi connectivity index (χ2v) is 4.45. The monoisotopic (exact) mass is 251 g/mol. The van der Waals surface area contributed by atoms with E-state index in [0.717, 1.165) is 0 Å². The number of anilines is 1. The number of nitrogen functional groups attached to an aromatic ring is 1. The minimum Gasteiger partial charge on any atom is -0.480 e. The van der Waals surface area contributed by atoms with Gasteiger partial charge >= 0.3 is 5.97 Å². The first kappa shape index (κ1) is 14.0. The van der Waals surface area contributed by atoms with Crippen molar-refractivity contribution in [2.24, 2.45) is 5.92 Å². The molecule has 0 radical (unpaired) electrons. The molecular weight excluding hydrogens is 234 g/mol. The third-order valence-corrected chi connectivity index (χ3v) is 2.20. The van der Waals surface area contributed by atoms with Crippen LogP contribution in [-0.2, 0) is 4.79 Å². The molecule has 3 N–H and O–H groups in total. The standard InChI is InChI=1S/C12H17N3O3/c1-8(2)6-15(7-11(16)17)12(18)10-4-3-9(13)5-14-10/h3-5,8H,6-7,13H2,1-2H3,(H,16,17). The average molecular weight is 251 g/mol. The van der Waals surface area contributed by atoms with E-state index in [1.807, 2.05) is 13.8 Å². The summed E-state index contributed by atoms with van der Waals surface area (Å²) in [5.41, 5.74) is 6.14. The summed E-state index contributed by atoms with van der Waals surface area (Å²) in [6, 6.07) is 3.06. The minimum atomic E-state index is -1.04. The molecule has 6 heteroatoms. The normalized spacial score (nSPS) is 10.4. The van der Waals surface area contributed by atoms with E-state index in [1.54, 1.807) is 6.07 Å². The lowest BCUT2D eigenvalue weighted by atomic mass is 10.2. The molecule has 1 heterocycles. The van der Waals surface area contributed by atoms with Crippen molar-refractivity contribution in [2.75, 3.05) is 18.8 Å². The molecule has 0 unspecified atom stereocenters. The highest BCUT2D eigenvalue weighted by Gasteiger charge is 2.20. The predicted molar refractivity (Wildman–Crippen MR) is 67.0 cm³/mol. The zero-order chi connectivity index (χ0) is 13.7. The Morgan fingerprint density at radius 2 is 2.11 bits per heavy atom. The molecule has 98 valence electrons. The van der Waals surface area contributed by atoms with Crippen LogP contribution >= 0.6 is 0 Å². The van der Waals surface area contributed by atoms with Gasteiger partial charge in [0.2, 0.25) is 0 Å². The molecule has 0 spiro atoms. The average Bonchev–Trinajstić information content (AvgIpc) is 2.27. The third kappa shape index (κ3) is 4.04. The molecule has 0 atom stereocenters. The molecule has 0 aliphatic heterocycles. The molecule has 6 nitrogen and oxygen atoms in total. The summed E-state index contributed by atoms with van der Waals surface area (Å²) in [7, 11) is 0. The SMILES string of the molecule is CC(C)CN(CC(=O)O)C(=O)c1ccc(N)cn1. The molecule has 18 heavy (non-hydrogen) atoms. The molecule has 1 amide bonds. The number of rotatable bonds is 5. The van der Waals surface area contributed by atoms with Crippen molar-refractivity contribution in [3.8, 4) is 0 Å². The summed E-state index contributed by atoms with van der Waals surface area (Å²) < 4.78 is 0. The Kier molecular flexibility index (Phi) is 4.65. The Hall–Kier alpha value is -2.11. The van der Waals surface area contributed by atoms with Gasteiger partial charge in [-0.3, -0.25) is 9.59 Å². The Morgan fingerprint density at radius 1 is 1.44 bits per heavy atom. The van der Waals surface area contributed by atoms with Crippen LogP contribution < -0.4 is 5.73 Å². The molecule has 0 aliphatic carbocycles. The van der Waals surface area contributed by atoms with E-state index in [4.69, 9.17) is 10.8 Å². The number of carboxylic acid groups (broad SMARTS) is 1. The van der Waals surface area contributed by atoms with E-state index >= 15 is 0 Å². The fourth-order valence-corrected chi connectivity index (χ4v) is 1.52. The number of aromatic nitrogens is 1. The zero-order valence-electron chi connectivity index (χ0n) is 10.5. The Balaban J connectivity index is 2.87. The number of carbonyl (C=O) groups is 2. The predicted octanol–water partition coefficient (Wildman–Crippen LogP) is 0.847. The number of nitrogens with two attached hydrogens (primary N) is 1. The van der Waals surface area contributed by atoms with Gasteiger partial charge in [0, 0.05) is 6.54 Å². The summed E-state index contributed by atoms with van der Waals surface area (Å²) in [5.74, 6) is -1.26. The highest BCUT2D eigenvalue weighted by atomic mass is 16.4. The van der Waals surface area contributed by atoms with Crippen LogP contribution in [0.3, 0.4) is 0 Å². The van der Waals surface area contributed by atoms with Crippen molar-refractivity contribution < 1.29 is 14.7 Å². The van der Waals surface area contributed by atoms with Crippen LogP contribution in [0.2, 0.25) is 0 Å². The lowest BCUT2D eigenvalue weighted by Crippen LogP contribution is -2.38. The van der Waals surface area contributed by atoms with Crippen LogP contribution in [-0.4, -0.2) is 40.0 Å². The molecule has 0 saturated heterocycles. The van der Waals surface area contributed by atoms with E-state index in [2.05, 4.69) is 4.98 Å². The second-order valence-electron chi connectivity index (χ2n) is 4.45. The number of nitrogens with zero attached hydrogens (tertiary/aromatic N) is 2. The van der Waals surface area contributed by atoms with Crippen LogP contribution in [0.4, 0.5) is 5.69 Å². The van der Waals surface area contributed by atoms with Crippen LogP contribution in [0.5, 0.6) is 0 Å². The summed E-state index contributed by atoms with van der Waals surface area (Å²) in [6.07, 6.45) is 1.38. The van der Waals surface area contributed by atoms with Gasteiger partial charge in [0.25, 0.3) is 5.91 Å². The smallest absolute Gasteiger partial charge is 0.323 e. The summed E-state index contributed by atoms with van der Waals surface area (Å²) in [5, 5.41) is 8.80. The van der Waals surface area contributed by atoms with Gasteiger partial charge in [-0.1, -0.05) is 13.8 Å². The number of carboxylic acids is 1. The second kappa shape index (κ2) is 6.00. The van der Waals surface area contributed by atoms with E-state index in [-0.39, 0.29) is 18.2 Å². The summed E-state index contributed by atoms with van der Waals surface area (Å²) in [6.45, 7) is 3.87. The van der Waals surface area contributed by atoms with E-state index < -0.39 is 11.9 Å². The Bertz CT molecular complexity index is 429. The van der Waals surface area contributed by atoms with Gasteiger partial charge in [-0.25, -0.2) is 4.98 Å². The molecule has 1 aromatic heterocycles. The summed E-state index contributed by atoms with van der Waals surface area (Å²) in [4.78, 5) is 28.0. The van der Waals surface area contributed by atoms with Crippen molar-refractivity contribution in [3.63, 3.8) is 0 Å². The van der Waals surface area contributed by atoms with Crippen molar-refractivity contribution in [1.82, 2.24) is 9.88 Å². The van der Waals surface area contributed by atoms with Crippen LogP contribution in [0.15, 0.2) is 18.3 Å². The highest BCUT2D eigenvalue weighted by Crippen LogP contribution is 2.07. The van der Waals surface area contributed by atoms with Crippen molar-refractivity contribution in [1.29, 1.82) is 0 Å². The number of aliphatic carboxylic acids is 1. The maximum Gasteiger partial charge on any atom is 0.323 e. The zero-order valence-corrected chi connectivity index (χ0v) is 10.5. The van der Waals surface area contributed by atoms with E-state index in [9.17, 15) is 9.59 Å². The lowest BCUT2D eigenvalue weighted by Gasteiger charge is -2.22. The van der Waals surface area contributed by atoms with Gasteiger partial charge in [-0.2, -0.15) is 0 Å². The van der Waals surface area contributed by atoms with Crippen LogP contribution in [0.1, 0.15) is 24.3 Å². The molecule has 0 aromatic carbocycles. The van der Waals surface area contributed by atoms with Crippen LogP contribution in [0, 0.1) is 5.92 Å². The Morgan fingerprint density at radius 3 is 2.56 bits per heavy atom. The van der Waals surface area contributed by atoms with Crippen molar-refractivity contribution in [2.45, 2.75) is 13.8 Å². The maximum atomic E-state index is 12.1. The fourth-order valence-electron chi connectivity index (χ4n) is 1.52. The van der Waals surface area contributed by atoms with Gasteiger partial charge < -0.3 is 15.7 Å². The fraction of sp³-hybridized carbons (Fsp3) is 0.417. The third-order valence-electron chi connectivity index (χ3n) is 2.20. The number of amides is 1. The molecule has 0 aliphatic rings. The molecule has 0 bridgehead atoms. The molecule has 1 rings (SSSR count). The number of hydrogen-bond donors (Lipinski definition) is 2. The first-order valence-electron chi connectivity index (χ1n) is 5.62. The largest absolute Gasteiger partial charge is 0.480 e. The lowest BCUT2D eigenvalue weighted by molar-refractivity contribution is -0.137. The number of hydrogen-bond acceptors (Lipinski definition) is 4. The van der Waals surface area contributed by atoms with Gasteiger partial charge in [0.05, 0.1) is 11.9 Å². The Labute approximate surface area is 105 Å². The highest BCUT2D eigenvalue weighted by molar-refractivity contribution is 5.94. The molecular formula is C12H17N3O3. The van der Waals surface area contributed by atoms with E-state index in [0.29, 0.717) is 12.2 Å².